The molecule has 0 aromatic carbocycles. The van der Waals surface area contributed by atoms with Gasteiger partial charge in [-0.25, -0.2) is 0 Å². The van der Waals surface area contributed by atoms with Crippen molar-refractivity contribution in [3.05, 3.63) is 35.1 Å². The van der Waals surface area contributed by atoms with E-state index in [9.17, 15) is 19.8 Å². The number of hydrogen-bond donors (Lipinski definition) is 2. The first kappa shape index (κ1) is 17.7. The molecule has 0 aromatic heterocycles. The fourth-order valence-electron chi connectivity index (χ4n) is 7.05. The molecule has 7 unspecified atom stereocenters. The molecule has 4 aliphatic rings. The smallest absolute Gasteiger partial charge is 0.184 e. The lowest BCUT2D eigenvalue weighted by atomic mass is 9.45. The van der Waals surface area contributed by atoms with Crippen LogP contribution in [0.4, 0.5) is 0 Å². The van der Waals surface area contributed by atoms with Gasteiger partial charge in [0, 0.05) is 11.3 Å². The van der Waals surface area contributed by atoms with Crippen molar-refractivity contribution in [2.24, 2.45) is 34.5 Å². The van der Waals surface area contributed by atoms with Gasteiger partial charge in [-0.3, -0.25) is 9.59 Å². The van der Waals surface area contributed by atoms with Crippen LogP contribution in [0.15, 0.2) is 35.1 Å². The molecule has 3 saturated carbocycles. The van der Waals surface area contributed by atoms with Crippen LogP contribution in [-0.4, -0.2) is 28.4 Å². The van der Waals surface area contributed by atoms with E-state index in [0.717, 1.165) is 30.4 Å². The van der Waals surface area contributed by atoms with Crippen LogP contribution >= 0.6 is 0 Å². The Morgan fingerprint density at radius 3 is 2.77 bits per heavy atom. The van der Waals surface area contributed by atoms with Crippen LogP contribution in [0.3, 0.4) is 0 Å². The molecule has 3 fully saturated rings. The summed E-state index contributed by atoms with van der Waals surface area (Å²) in [5, 5.41) is 21.3. The third-order valence-electron chi connectivity index (χ3n) is 8.02. The SMILES string of the molecule is CC1CC2C(C(O)CC3(C)C(=C(O)C=O)CCC23)C2(C)C=CC(=O)C=C12. The van der Waals surface area contributed by atoms with Gasteiger partial charge in [-0.1, -0.05) is 32.4 Å². The van der Waals surface area contributed by atoms with Gasteiger partial charge >= 0.3 is 0 Å². The van der Waals surface area contributed by atoms with Crippen LogP contribution in [-0.2, 0) is 9.59 Å². The van der Waals surface area contributed by atoms with Crippen LogP contribution in [0.25, 0.3) is 0 Å². The molecule has 140 valence electrons. The Kier molecular flexibility index (Phi) is 3.85. The summed E-state index contributed by atoms with van der Waals surface area (Å²) < 4.78 is 0. The summed E-state index contributed by atoms with van der Waals surface area (Å²) in [5.74, 6) is 0.928. The number of hydrogen-bond acceptors (Lipinski definition) is 4. The highest BCUT2D eigenvalue weighted by molar-refractivity contribution is 6.01. The molecule has 0 saturated heterocycles. The zero-order valence-corrected chi connectivity index (χ0v) is 15.7. The Morgan fingerprint density at radius 2 is 2.08 bits per heavy atom. The molecule has 26 heavy (non-hydrogen) atoms. The fraction of sp³-hybridized carbons (Fsp3) is 0.636. The van der Waals surface area contributed by atoms with E-state index in [1.165, 1.54) is 0 Å². The molecule has 4 nitrogen and oxygen atoms in total. The summed E-state index contributed by atoms with van der Waals surface area (Å²) in [6.07, 6.45) is 8.64. The number of allylic oxidation sites excluding steroid dienone is 6. The van der Waals surface area contributed by atoms with Gasteiger partial charge in [0.1, 0.15) is 0 Å². The molecule has 0 aromatic rings. The molecule has 0 radical (unpaired) electrons. The fourth-order valence-corrected chi connectivity index (χ4v) is 7.05. The van der Waals surface area contributed by atoms with Crippen LogP contribution < -0.4 is 0 Å². The second kappa shape index (κ2) is 5.66. The maximum absolute atomic E-state index is 11.9. The molecule has 0 heterocycles. The molecular formula is C22H28O4. The molecular weight excluding hydrogens is 328 g/mol. The zero-order chi connectivity index (χ0) is 18.9. The van der Waals surface area contributed by atoms with Crippen LogP contribution in [0.1, 0.15) is 46.5 Å². The zero-order valence-electron chi connectivity index (χ0n) is 15.7. The summed E-state index contributed by atoms with van der Waals surface area (Å²) in [4.78, 5) is 23.1. The predicted octanol–water partition coefficient (Wildman–Crippen LogP) is 3.52. The van der Waals surface area contributed by atoms with Crippen molar-refractivity contribution in [1.82, 2.24) is 0 Å². The third kappa shape index (κ3) is 2.17. The average Bonchev–Trinajstić information content (AvgIpc) is 2.92. The van der Waals surface area contributed by atoms with Crippen molar-refractivity contribution in [3.8, 4) is 0 Å². The van der Waals surface area contributed by atoms with E-state index in [4.69, 9.17) is 0 Å². The second-order valence-corrected chi connectivity index (χ2v) is 9.26. The van der Waals surface area contributed by atoms with Gasteiger partial charge < -0.3 is 10.2 Å². The number of aldehydes is 1. The highest BCUT2D eigenvalue weighted by atomic mass is 16.3. The molecule has 4 heteroatoms. The molecule has 7 atom stereocenters. The first-order valence-electron chi connectivity index (χ1n) is 9.73. The van der Waals surface area contributed by atoms with E-state index >= 15 is 0 Å². The van der Waals surface area contributed by atoms with Gasteiger partial charge in [0.05, 0.1) is 6.10 Å². The number of fused-ring (bicyclic) bond motifs is 5. The molecule has 0 spiro atoms. The van der Waals surface area contributed by atoms with Gasteiger partial charge in [0.25, 0.3) is 0 Å². The molecule has 0 amide bonds. The van der Waals surface area contributed by atoms with E-state index in [1.54, 1.807) is 12.2 Å². The lowest BCUT2D eigenvalue weighted by Crippen LogP contribution is -2.56. The lowest BCUT2D eigenvalue weighted by molar-refractivity contribution is -0.114. The Labute approximate surface area is 154 Å². The van der Waals surface area contributed by atoms with Gasteiger partial charge in [-0.15, -0.1) is 0 Å². The van der Waals surface area contributed by atoms with Gasteiger partial charge in [0.15, 0.2) is 17.8 Å². The number of aliphatic hydroxyl groups is 2. The highest BCUT2D eigenvalue weighted by Gasteiger charge is 2.61. The van der Waals surface area contributed by atoms with E-state index in [2.05, 4.69) is 20.8 Å². The second-order valence-electron chi connectivity index (χ2n) is 9.26. The topological polar surface area (TPSA) is 74.6 Å². The largest absolute Gasteiger partial charge is 0.505 e. The van der Waals surface area contributed by atoms with E-state index in [-0.39, 0.29) is 34.2 Å². The summed E-state index contributed by atoms with van der Waals surface area (Å²) in [5.41, 5.74) is 1.36. The number of carbonyl (C=O) groups excluding carboxylic acids is 2. The molecule has 4 rings (SSSR count). The van der Waals surface area contributed by atoms with Crippen molar-refractivity contribution in [2.45, 2.75) is 52.6 Å². The average molecular weight is 356 g/mol. The maximum Gasteiger partial charge on any atom is 0.184 e. The van der Waals surface area contributed by atoms with Gasteiger partial charge in [0.2, 0.25) is 0 Å². The monoisotopic (exact) mass is 356 g/mol. The maximum atomic E-state index is 11.9. The Balaban J connectivity index is 1.80. The predicted molar refractivity (Wildman–Crippen MR) is 98.3 cm³/mol. The Bertz CT molecular complexity index is 760. The summed E-state index contributed by atoms with van der Waals surface area (Å²) in [7, 11) is 0. The van der Waals surface area contributed by atoms with Crippen molar-refractivity contribution in [3.63, 3.8) is 0 Å². The molecule has 4 aliphatic carbocycles. The summed E-state index contributed by atoms with van der Waals surface area (Å²) in [6, 6.07) is 0. The minimum absolute atomic E-state index is 0.0416. The van der Waals surface area contributed by atoms with Crippen molar-refractivity contribution >= 4 is 12.1 Å². The number of ketones is 1. The Hall–Kier alpha value is -1.68. The summed E-state index contributed by atoms with van der Waals surface area (Å²) >= 11 is 0. The van der Waals surface area contributed by atoms with E-state index < -0.39 is 6.10 Å². The van der Waals surface area contributed by atoms with Crippen LogP contribution in [0, 0.1) is 34.5 Å². The van der Waals surface area contributed by atoms with Crippen LogP contribution in [0.5, 0.6) is 0 Å². The van der Waals surface area contributed by atoms with Gasteiger partial charge in [-0.05, 0) is 66.6 Å². The minimum Gasteiger partial charge on any atom is -0.505 e. The normalized spacial score (nSPS) is 49.0. The Morgan fingerprint density at radius 1 is 1.35 bits per heavy atom. The summed E-state index contributed by atoms with van der Waals surface area (Å²) in [6.45, 7) is 6.45. The van der Waals surface area contributed by atoms with Crippen LogP contribution in [0.2, 0.25) is 0 Å². The van der Waals surface area contributed by atoms with E-state index in [0.29, 0.717) is 24.5 Å². The first-order valence-corrected chi connectivity index (χ1v) is 9.73. The lowest BCUT2D eigenvalue weighted by Gasteiger charge is -2.59. The van der Waals surface area contributed by atoms with Crippen molar-refractivity contribution in [2.75, 3.05) is 0 Å². The number of aliphatic hydroxyl groups excluding tert-OH is 2. The van der Waals surface area contributed by atoms with Crippen molar-refractivity contribution < 1.29 is 19.8 Å². The van der Waals surface area contributed by atoms with Crippen molar-refractivity contribution in [1.29, 1.82) is 0 Å². The van der Waals surface area contributed by atoms with Gasteiger partial charge in [-0.2, -0.15) is 0 Å². The number of carbonyl (C=O) groups is 2. The highest BCUT2D eigenvalue weighted by Crippen LogP contribution is 2.66. The van der Waals surface area contributed by atoms with E-state index in [1.807, 2.05) is 6.08 Å². The molecule has 2 N–H and O–H groups in total. The molecule has 0 bridgehead atoms. The first-order chi connectivity index (χ1) is 12.2. The minimum atomic E-state index is -0.521. The molecule has 0 aliphatic heterocycles. The number of rotatable bonds is 1. The standard InChI is InChI=1S/C22H28O4/c1-12-8-14-15-4-5-16(19(26)11-23)22(15,3)10-18(25)20(14)21(2)7-6-13(24)9-17(12)21/h6-7,9,11-12,14-15,18,20,25-26H,4-5,8,10H2,1-3H3. The third-order valence-corrected chi connectivity index (χ3v) is 8.02. The quantitative estimate of drug-likeness (QED) is 0.428.